The fourth-order valence-corrected chi connectivity index (χ4v) is 8.80. The van der Waals surface area contributed by atoms with Gasteiger partial charge in [0.15, 0.2) is 0 Å². The van der Waals surface area contributed by atoms with Crippen molar-refractivity contribution in [1.29, 1.82) is 0 Å². The Bertz CT molecular complexity index is 935. The van der Waals surface area contributed by atoms with E-state index < -0.39 is 22.6 Å². The number of methoxy groups -OCH3 is 1. The molecule has 4 fully saturated rings. The van der Waals surface area contributed by atoms with E-state index in [2.05, 4.69) is 13.8 Å². The third kappa shape index (κ3) is 2.91. The number of fused-ring (bicyclic) bond motifs is 5. The molecule has 176 valence electrons. The molecule has 1 heterocycles. The first kappa shape index (κ1) is 22.1. The summed E-state index contributed by atoms with van der Waals surface area (Å²) < 4.78 is 10.4. The smallest absolute Gasteiger partial charge is 0.335 e. The van der Waals surface area contributed by atoms with Crippen LogP contribution in [-0.2, 0) is 9.53 Å². The van der Waals surface area contributed by atoms with Crippen LogP contribution in [-0.4, -0.2) is 35.0 Å². The van der Waals surface area contributed by atoms with E-state index in [0.29, 0.717) is 18.3 Å². The van der Waals surface area contributed by atoms with Crippen LogP contribution >= 0.6 is 0 Å². The lowest BCUT2D eigenvalue weighted by molar-refractivity contribution is -0.205. The minimum absolute atomic E-state index is 0.116. The summed E-state index contributed by atoms with van der Waals surface area (Å²) in [7, 11) is 1.40. The maximum atomic E-state index is 12.9. The normalized spacial score (nSPS) is 47.8. The van der Waals surface area contributed by atoms with Gasteiger partial charge in [0.25, 0.3) is 0 Å². The molecule has 5 rings (SSSR count). The quantitative estimate of drug-likeness (QED) is 0.676. The molecule has 6 heteroatoms. The zero-order chi connectivity index (χ0) is 22.9. The van der Waals surface area contributed by atoms with Gasteiger partial charge in [-0.2, -0.15) is 0 Å². The summed E-state index contributed by atoms with van der Waals surface area (Å²) >= 11 is 0. The summed E-state index contributed by atoms with van der Waals surface area (Å²) in [6.07, 6.45) is 8.11. The first-order valence-electron chi connectivity index (χ1n) is 12.2. The molecular weight excluding hydrogens is 408 g/mol. The molecular formula is C26H36O6. The van der Waals surface area contributed by atoms with Gasteiger partial charge in [0, 0.05) is 17.4 Å². The molecule has 2 N–H and O–H groups in total. The third-order valence-electron chi connectivity index (χ3n) is 10.4. The van der Waals surface area contributed by atoms with Crippen molar-refractivity contribution >= 4 is 5.97 Å². The van der Waals surface area contributed by atoms with E-state index in [-0.39, 0.29) is 29.3 Å². The van der Waals surface area contributed by atoms with E-state index in [1.165, 1.54) is 19.4 Å². The van der Waals surface area contributed by atoms with E-state index in [1.807, 2.05) is 0 Å². The van der Waals surface area contributed by atoms with Gasteiger partial charge in [-0.1, -0.05) is 13.8 Å². The minimum atomic E-state index is -0.986. The van der Waals surface area contributed by atoms with E-state index >= 15 is 0 Å². The molecule has 6 nitrogen and oxygen atoms in total. The van der Waals surface area contributed by atoms with E-state index in [9.17, 15) is 19.8 Å². The number of carbonyl (C=O) groups excluding carboxylic acids is 1. The molecule has 0 unspecified atom stereocenters. The van der Waals surface area contributed by atoms with Gasteiger partial charge in [-0.15, -0.1) is 0 Å². The Morgan fingerprint density at radius 2 is 1.91 bits per heavy atom. The Morgan fingerprint density at radius 3 is 2.59 bits per heavy atom. The van der Waals surface area contributed by atoms with Gasteiger partial charge in [0.1, 0.15) is 0 Å². The zero-order valence-electron chi connectivity index (χ0n) is 19.4. The van der Waals surface area contributed by atoms with Crippen molar-refractivity contribution in [3.05, 3.63) is 34.4 Å². The second-order valence-corrected chi connectivity index (χ2v) is 11.5. The van der Waals surface area contributed by atoms with Gasteiger partial charge in [-0.25, -0.2) is 4.79 Å². The van der Waals surface area contributed by atoms with Crippen molar-refractivity contribution in [3.8, 4) is 0 Å². The van der Waals surface area contributed by atoms with E-state index in [0.717, 1.165) is 50.5 Å². The van der Waals surface area contributed by atoms with Crippen molar-refractivity contribution in [3.63, 3.8) is 0 Å². The molecule has 1 aromatic heterocycles. The second kappa shape index (κ2) is 7.42. The Hall–Kier alpha value is -1.66. The van der Waals surface area contributed by atoms with Crippen LogP contribution in [0.15, 0.2) is 27.6 Å². The maximum absolute atomic E-state index is 12.9. The summed E-state index contributed by atoms with van der Waals surface area (Å²) in [5, 5.41) is 22.7. The zero-order valence-corrected chi connectivity index (χ0v) is 19.4. The Balaban J connectivity index is 1.56. The molecule has 0 aromatic carbocycles. The number of hydrogen-bond acceptors (Lipinski definition) is 6. The SMILES string of the molecule is COC(=O)[C@H]1C[C@]2(O)[C@@H]3CC[C@@H]4C[C@H](O)CC[C@]4(C)[C@@H]3CC[C@@]2(C)[C@H]1c1ccc(=O)oc1. The standard InChI is InChI=1S/C26H36O6/c1-24-10-8-17(27)12-16(24)5-6-20-19(24)9-11-25(2)22(15-4-7-21(28)32-14-15)18(23(29)31-3)13-26(20,25)30/h4,7,14,16-20,22,27,30H,5-6,8-13H2,1-3H3/t16-,17-,18+,19-,20-,22+,24+,25+,26+/m1/s1. The van der Waals surface area contributed by atoms with Crippen LogP contribution in [0.2, 0.25) is 0 Å². The van der Waals surface area contributed by atoms with Crippen LogP contribution in [0.3, 0.4) is 0 Å². The second-order valence-electron chi connectivity index (χ2n) is 11.5. The van der Waals surface area contributed by atoms with Gasteiger partial charge in [0.05, 0.1) is 31.0 Å². The van der Waals surface area contributed by atoms with Crippen LogP contribution in [0.1, 0.15) is 76.7 Å². The van der Waals surface area contributed by atoms with E-state index in [1.54, 1.807) is 6.07 Å². The first-order valence-corrected chi connectivity index (χ1v) is 12.2. The number of aliphatic hydroxyl groups excluding tert-OH is 1. The lowest BCUT2D eigenvalue weighted by atomic mass is 9.43. The lowest BCUT2D eigenvalue weighted by Gasteiger charge is -2.63. The summed E-state index contributed by atoms with van der Waals surface area (Å²) in [4.78, 5) is 24.5. The molecule has 0 amide bonds. The predicted molar refractivity (Wildman–Crippen MR) is 118 cm³/mol. The average Bonchev–Trinajstić information content (AvgIpc) is 3.02. The number of carbonyl (C=O) groups is 1. The van der Waals surface area contributed by atoms with Crippen LogP contribution in [0.25, 0.3) is 0 Å². The molecule has 9 atom stereocenters. The summed E-state index contributed by atoms with van der Waals surface area (Å²) in [6, 6.07) is 3.14. The van der Waals surface area contributed by atoms with Gasteiger partial charge < -0.3 is 19.4 Å². The summed E-state index contributed by atoms with van der Waals surface area (Å²) in [5.74, 6) is -0.0349. The van der Waals surface area contributed by atoms with Gasteiger partial charge in [-0.05, 0) is 86.2 Å². The monoisotopic (exact) mass is 444 g/mol. The number of esters is 1. The topological polar surface area (TPSA) is 97.0 Å². The molecule has 0 spiro atoms. The van der Waals surface area contributed by atoms with Crippen LogP contribution in [0.4, 0.5) is 0 Å². The van der Waals surface area contributed by atoms with Crippen molar-refractivity contribution in [1.82, 2.24) is 0 Å². The molecule has 4 aliphatic carbocycles. The first-order chi connectivity index (χ1) is 15.1. The maximum Gasteiger partial charge on any atom is 0.335 e. The Kier molecular flexibility index (Phi) is 5.14. The van der Waals surface area contributed by atoms with Crippen molar-refractivity contribution < 1.29 is 24.2 Å². The van der Waals surface area contributed by atoms with Crippen LogP contribution < -0.4 is 5.63 Å². The highest BCUT2D eigenvalue weighted by molar-refractivity contribution is 5.75. The van der Waals surface area contributed by atoms with Gasteiger partial charge >= 0.3 is 11.6 Å². The summed E-state index contributed by atoms with van der Waals surface area (Å²) in [6.45, 7) is 4.50. The molecule has 4 saturated carbocycles. The highest BCUT2D eigenvalue weighted by Gasteiger charge is 2.70. The minimum Gasteiger partial charge on any atom is -0.469 e. The van der Waals surface area contributed by atoms with Crippen molar-refractivity contribution in [2.24, 2.45) is 34.5 Å². The van der Waals surface area contributed by atoms with Gasteiger partial charge in [0.2, 0.25) is 0 Å². The number of ether oxygens (including phenoxy) is 1. The largest absolute Gasteiger partial charge is 0.469 e. The number of hydrogen-bond donors (Lipinski definition) is 2. The molecule has 0 bridgehead atoms. The molecule has 0 radical (unpaired) electrons. The lowest BCUT2D eigenvalue weighted by Crippen LogP contribution is -2.62. The molecule has 4 aliphatic rings. The van der Waals surface area contributed by atoms with E-state index in [4.69, 9.17) is 9.15 Å². The predicted octanol–water partition coefficient (Wildman–Crippen LogP) is 3.64. The molecule has 32 heavy (non-hydrogen) atoms. The number of aliphatic hydroxyl groups is 2. The average molecular weight is 445 g/mol. The Labute approximate surface area is 189 Å². The highest BCUT2D eigenvalue weighted by Crippen LogP contribution is 2.71. The third-order valence-corrected chi connectivity index (χ3v) is 10.4. The van der Waals surface area contributed by atoms with Crippen molar-refractivity contribution in [2.75, 3.05) is 7.11 Å². The fourth-order valence-electron chi connectivity index (χ4n) is 8.80. The highest BCUT2D eigenvalue weighted by atomic mass is 16.5. The van der Waals surface area contributed by atoms with Crippen molar-refractivity contribution in [2.45, 2.75) is 82.8 Å². The Morgan fingerprint density at radius 1 is 1.12 bits per heavy atom. The summed E-state index contributed by atoms with van der Waals surface area (Å²) in [5.41, 5.74) is -1.00. The number of rotatable bonds is 2. The molecule has 0 aliphatic heterocycles. The molecule has 0 saturated heterocycles. The fraction of sp³-hybridized carbons (Fsp3) is 0.769. The van der Waals surface area contributed by atoms with Crippen LogP contribution in [0.5, 0.6) is 0 Å². The van der Waals surface area contributed by atoms with Gasteiger partial charge in [-0.3, -0.25) is 4.79 Å². The molecule has 1 aromatic rings. The van der Waals surface area contributed by atoms with Crippen LogP contribution in [0, 0.1) is 34.5 Å².